The highest BCUT2D eigenvalue weighted by Gasteiger charge is 2.21. The molecule has 0 heterocycles. The lowest BCUT2D eigenvalue weighted by molar-refractivity contribution is 0.0912. The Balaban J connectivity index is 3.03. The number of hydrogen-bond acceptors (Lipinski definition) is 4. The van der Waals surface area contributed by atoms with Crippen LogP contribution in [0.3, 0.4) is 0 Å². The molecule has 0 aromatic heterocycles. The number of carbonyl (C=O) groups is 1. The Morgan fingerprint density at radius 2 is 2.00 bits per heavy atom. The van der Waals surface area contributed by atoms with Gasteiger partial charge in [-0.05, 0) is 32.0 Å². The van der Waals surface area contributed by atoms with E-state index >= 15 is 0 Å². The molecule has 1 amide bonds. The third-order valence-electron chi connectivity index (χ3n) is 2.61. The summed E-state index contributed by atoms with van der Waals surface area (Å²) in [6.07, 6.45) is 0. The van der Waals surface area contributed by atoms with Gasteiger partial charge in [-0.25, -0.2) is 0 Å². The molecule has 0 saturated carbocycles. The quantitative estimate of drug-likeness (QED) is 0.825. The third kappa shape index (κ3) is 3.37. The van der Waals surface area contributed by atoms with Crippen molar-refractivity contribution in [1.82, 2.24) is 5.32 Å². The van der Waals surface area contributed by atoms with Crippen LogP contribution in [0.25, 0.3) is 0 Å². The minimum absolute atomic E-state index is 0.235. The van der Waals surface area contributed by atoms with Crippen molar-refractivity contribution in [2.75, 3.05) is 20.8 Å². The number of ether oxygens (including phenoxy) is 2. The van der Waals surface area contributed by atoms with Crippen LogP contribution in [-0.4, -0.2) is 32.2 Å². The standard InChI is InChI=1S/C13H20N2O3/c1-13(2,8-14)15-12(16)10-7-9(17-3)5-6-11(10)18-4/h5-7H,8,14H2,1-4H3,(H,15,16). The van der Waals surface area contributed by atoms with Crippen molar-refractivity contribution >= 4 is 5.91 Å². The third-order valence-corrected chi connectivity index (χ3v) is 2.61. The van der Waals surface area contributed by atoms with E-state index in [9.17, 15) is 4.79 Å². The van der Waals surface area contributed by atoms with Gasteiger partial charge in [0, 0.05) is 12.1 Å². The molecule has 0 radical (unpaired) electrons. The first-order valence-electron chi connectivity index (χ1n) is 5.68. The van der Waals surface area contributed by atoms with Crippen LogP contribution in [0.5, 0.6) is 11.5 Å². The molecule has 1 aromatic carbocycles. The fourth-order valence-electron chi connectivity index (χ4n) is 1.42. The molecular formula is C13H20N2O3. The van der Waals surface area contributed by atoms with Gasteiger partial charge in [-0.2, -0.15) is 0 Å². The van der Waals surface area contributed by atoms with Crippen LogP contribution in [0.1, 0.15) is 24.2 Å². The molecule has 0 bridgehead atoms. The topological polar surface area (TPSA) is 73.6 Å². The van der Waals surface area contributed by atoms with Crippen LogP contribution < -0.4 is 20.5 Å². The first-order chi connectivity index (χ1) is 8.43. The number of hydrogen-bond donors (Lipinski definition) is 2. The van der Waals surface area contributed by atoms with Crippen molar-refractivity contribution in [2.24, 2.45) is 5.73 Å². The Bertz CT molecular complexity index is 430. The maximum absolute atomic E-state index is 12.2. The lowest BCUT2D eigenvalue weighted by Gasteiger charge is -2.24. The van der Waals surface area contributed by atoms with Crippen LogP contribution in [-0.2, 0) is 0 Å². The second-order valence-electron chi connectivity index (χ2n) is 4.61. The molecule has 0 unspecified atom stereocenters. The van der Waals surface area contributed by atoms with Crippen LogP contribution in [0.2, 0.25) is 0 Å². The number of rotatable bonds is 5. The lowest BCUT2D eigenvalue weighted by Crippen LogP contribution is -2.48. The van der Waals surface area contributed by atoms with Crippen molar-refractivity contribution in [3.63, 3.8) is 0 Å². The van der Waals surface area contributed by atoms with Gasteiger partial charge in [-0.1, -0.05) is 0 Å². The van der Waals surface area contributed by atoms with Gasteiger partial charge in [-0.3, -0.25) is 4.79 Å². The molecule has 1 aromatic rings. The molecule has 0 aliphatic heterocycles. The summed E-state index contributed by atoms with van der Waals surface area (Å²) in [5.41, 5.74) is 5.55. The van der Waals surface area contributed by atoms with Gasteiger partial charge in [0.25, 0.3) is 5.91 Å². The minimum Gasteiger partial charge on any atom is -0.497 e. The summed E-state index contributed by atoms with van der Waals surface area (Å²) in [7, 11) is 3.07. The zero-order valence-electron chi connectivity index (χ0n) is 11.2. The Labute approximate surface area is 107 Å². The van der Waals surface area contributed by atoms with Crippen molar-refractivity contribution in [2.45, 2.75) is 19.4 Å². The molecule has 0 aliphatic rings. The summed E-state index contributed by atoms with van der Waals surface area (Å²) in [4.78, 5) is 12.2. The van der Waals surface area contributed by atoms with Crippen LogP contribution in [0, 0.1) is 0 Å². The Hall–Kier alpha value is -1.75. The zero-order chi connectivity index (χ0) is 13.8. The minimum atomic E-state index is -0.467. The largest absolute Gasteiger partial charge is 0.497 e. The molecule has 3 N–H and O–H groups in total. The summed E-state index contributed by atoms with van der Waals surface area (Å²) in [6.45, 7) is 4.07. The number of methoxy groups -OCH3 is 2. The molecule has 1 rings (SSSR count). The highest BCUT2D eigenvalue weighted by Crippen LogP contribution is 2.24. The number of nitrogens with one attached hydrogen (secondary N) is 1. The maximum Gasteiger partial charge on any atom is 0.255 e. The second kappa shape index (κ2) is 5.73. The first kappa shape index (κ1) is 14.3. The van der Waals surface area contributed by atoms with Crippen LogP contribution in [0.15, 0.2) is 18.2 Å². The van der Waals surface area contributed by atoms with E-state index in [4.69, 9.17) is 15.2 Å². The smallest absolute Gasteiger partial charge is 0.255 e. The predicted molar refractivity (Wildman–Crippen MR) is 70.1 cm³/mol. The SMILES string of the molecule is COc1ccc(OC)c(C(=O)NC(C)(C)CN)c1. The number of nitrogens with two attached hydrogens (primary N) is 1. The average molecular weight is 252 g/mol. The highest BCUT2D eigenvalue weighted by molar-refractivity contribution is 5.97. The Morgan fingerprint density at radius 1 is 1.33 bits per heavy atom. The molecule has 5 nitrogen and oxygen atoms in total. The fourth-order valence-corrected chi connectivity index (χ4v) is 1.42. The zero-order valence-corrected chi connectivity index (χ0v) is 11.2. The second-order valence-corrected chi connectivity index (χ2v) is 4.61. The molecule has 0 saturated heterocycles. The normalized spacial score (nSPS) is 10.9. The molecule has 100 valence electrons. The van der Waals surface area contributed by atoms with Crippen molar-refractivity contribution < 1.29 is 14.3 Å². The highest BCUT2D eigenvalue weighted by atomic mass is 16.5. The molecule has 0 fully saturated rings. The van der Waals surface area contributed by atoms with E-state index < -0.39 is 5.54 Å². The van der Waals surface area contributed by atoms with Gasteiger partial charge >= 0.3 is 0 Å². The van der Waals surface area contributed by atoms with Gasteiger partial charge in [0.2, 0.25) is 0 Å². The summed E-state index contributed by atoms with van der Waals surface area (Å²) in [5.74, 6) is 0.869. The summed E-state index contributed by atoms with van der Waals surface area (Å²) in [5, 5.41) is 2.85. The molecule has 5 heteroatoms. The summed E-state index contributed by atoms with van der Waals surface area (Å²) < 4.78 is 10.3. The Morgan fingerprint density at radius 3 is 2.50 bits per heavy atom. The van der Waals surface area contributed by atoms with Crippen molar-refractivity contribution in [3.05, 3.63) is 23.8 Å². The lowest BCUT2D eigenvalue weighted by atomic mass is 10.0. The van der Waals surface area contributed by atoms with E-state index in [0.717, 1.165) is 0 Å². The molecule has 0 atom stereocenters. The van der Waals surface area contributed by atoms with Crippen LogP contribution >= 0.6 is 0 Å². The number of carbonyl (C=O) groups excluding carboxylic acids is 1. The monoisotopic (exact) mass is 252 g/mol. The van der Waals surface area contributed by atoms with E-state index in [1.54, 1.807) is 25.3 Å². The average Bonchev–Trinajstić information content (AvgIpc) is 2.37. The van der Waals surface area contributed by atoms with Gasteiger partial charge in [-0.15, -0.1) is 0 Å². The van der Waals surface area contributed by atoms with E-state index in [-0.39, 0.29) is 5.91 Å². The van der Waals surface area contributed by atoms with Crippen molar-refractivity contribution in [1.29, 1.82) is 0 Å². The molecule has 0 spiro atoms. The van der Waals surface area contributed by atoms with E-state index in [2.05, 4.69) is 5.32 Å². The summed E-state index contributed by atoms with van der Waals surface area (Å²) in [6, 6.07) is 5.08. The molecule has 0 aliphatic carbocycles. The van der Waals surface area contributed by atoms with Gasteiger partial charge in [0.1, 0.15) is 11.5 Å². The van der Waals surface area contributed by atoms with Crippen molar-refractivity contribution in [3.8, 4) is 11.5 Å². The fraction of sp³-hybridized carbons (Fsp3) is 0.462. The van der Waals surface area contributed by atoms with Crippen LogP contribution in [0.4, 0.5) is 0 Å². The van der Waals surface area contributed by atoms with E-state index in [1.165, 1.54) is 7.11 Å². The maximum atomic E-state index is 12.2. The summed E-state index contributed by atoms with van der Waals surface area (Å²) >= 11 is 0. The van der Waals surface area contributed by atoms with Gasteiger partial charge in [0.05, 0.1) is 19.8 Å². The van der Waals surface area contributed by atoms with Gasteiger partial charge < -0.3 is 20.5 Å². The van der Waals surface area contributed by atoms with E-state index in [1.807, 2.05) is 13.8 Å². The predicted octanol–water partition coefficient (Wildman–Crippen LogP) is 1.17. The Kier molecular flexibility index (Phi) is 4.55. The first-order valence-corrected chi connectivity index (χ1v) is 5.68. The number of benzene rings is 1. The molecule has 18 heavy (non-hydrogen) atoms. The van der Waals surface area contributed by atoms with E-state index in [0.29, 0.717) is 23.6 Å². The molecular weight excluding hydrogens is 232 g/mol. The van der Waals surface area contributed by atoms with Gasteiger partial charge in [0.15, 0.2) is 0 Å². The number of amides is 1.